The zero-order chi connectivity index (χ0) is 18.5. The molecule has 0 radical (unpaired) electrons. The number of halogens is 1. The maximum atomic E-state index is 12.6. The fourth-order valence-electron chi connectivity index (χ4n) is 2.85. The van der Waals surface area contributed by atoms with Crippen LogP contribution in [0.5, 0.6) is 0 Å². The van der Waals surface area contributed by atoms with Crippen LogP contribution >= 0.6 is 22.9 Å². The molecule has 0 spiro atoms. The van der Waals surface area contributed by atoms with Crippen LogP contribution in [0.2, 0.25) is 5.02 Å². The number of benzene rings is 1. The number of aliphatic imine (C=N–C) groups is 1. The molecule has 1 amide bonds. The van der Waals surface area contributed by atoms with Crippen molar-refractivity contribution in [1.82, 2.24) is 20.1 Å². The van der Waals surface area contributed by atoms with Crippen molar-refractivity contribution in [2.45, 2.75) is 20.0 Å². The van der Waals surface area contributed by atoms with Crippen LogP contribution in [0, 0.1) is 6.92 Å². The number of aryl methyl sites for hydroxylation is 1. The highest BCUT2D eigenvalue weighted by atomic mass is 35.5. The normalized spacial score (nSPS) is 15.5. The third kappa shape index (κ3) is 4.53. The van der Waals surface area contributed by atoms with Crippen molar-refractivity contribution in [1.29, 1.82) is 0 Å². The SMILES string of the molecule is CN=C(NCc1scnc1C)N1CCN(Cc2ccc(Cl)cc2)C(=O)C1. The lowest BCUT2D eigenvalue weighted by Gasteiger charge is -2.36. The molecule has 2 aromatic rings. The van der Waals surface area contributed by atoms with E-state index in [1.54, 1.807) is 18.4 Å². The summed E-state index contributed by atoms with van der Waals surface area (Å²) in [5, 5.41) is 4.04. The maximum Gasteiger partial charge on any atom is 0.242 e. The standard InChI is InChI=1S/C18H22ClN5OS/c1-13-16(26-12-22-13)9-21-18(20-2)24-8-7-23(17(25)11-24)10-14-3-5-15(19)6-4-14/h3-6,12H,7-11H2,1-2H3,(H,20,21). The zero-order valence-corrected chi connectivity index (χ0v) is 16.5. The van der Waals surface area contributed by atoms with E-state index in [0.29, 0.717) is 31.2 Å². The number of hydrogen-bond acceptors (Lipinski definition) is 4. The monoisotopic (exact) mass is 391 g/mol. The van der Waals surface area contributed by atoms with Crippen LogP contribution in [0.25, 0.3) is 0 Å². The van der Waals surface area contributed by atoms with Crippen LogP contribution < -0.4 is 5.32 Å². The fraction of sp³-hybridized carbons (Fsp3) is 0.389. The van der Waals surface area contributed by atoms with Crippen LogP contribution in [0.1, 0.15) is 16.1 Å². The number of amides is 1. The molecule has 0 bridgehead atoms. The summed E-state index contributed by atoms with van der Waals surface area (Å²) < 4.78 is 0. The van der Waals surface area contributed by atoms with Gasteiger partial charge in [0.1, 0.15) is 0 Å². The predicted octanol–water partition coefficient (Wildman–Crippen LogP) is 2.52. The van der Waals surface area contributed by atoms with Crippen molar-refractivity contribution < 1.29 is 4.79 Å². The maximum absolute atomic E-state index is 12.6. The van der Waals surface area contributed by atoms with E-state index < -0.39 is 0 Å². The molecule has 1 aromatic heterocycles. The molecule has 26 heavy (non-hydrogen) atoms. The van der Waals surface area contributed by atoms with Gasteiger partial charge in [-0.05, 0) is 24.6 Å². The molecule has 3 rings (SSSR count). The number of guanidine groups is 1. The summed E-state index contributed by atoms with van der Waals surface area (Å²) in [4.78, 5) is 26.2. The summed E-state index contributed by atoms with van der Waals surface area (Å²) in [6, 6.07) is 7.62. The van der Waals surface area contributed by atoms with Crippen LogP contribution in [0.3, 0.4) is 0 Å². The largest absolute Gasteiger partial charge is 0.351 e. The van der Waals surface area contributed by atoms with E-state index in [4.69, 9.17) is 11.6 Å². The smallest absolute Gasteiger partial charge is 0.242 e. The van der Waals surface area contributed by atoms with Crippen molar-refractivity contribution in [3.8, 4) is 0 Å². The number of carbonyl (C=O) groups is 1. The highest BCUT2D eigenvalue weighted by Crippen LogP contribution is 2.14. The first-order valence-corrected chi connectivity index (χ1v) is 9.69. The van der Waals surface area contributed by atoms with E-state index in [1.165, 1.54) is 4.88 Å². The second-order valence-corrected chi connectivity index (χ2v) is 7.50. The van der Waals surface area contributed by atoms with Crippen molar-refractivity contribution in [2.75, 3.05) is 26.7 Å². The van der Waals surface area contributed by atoms with Crippen molar-refractivity contribution in [3.63, 3.8) is 0 Å². The number of nitrogens with zero attached hydrogens (tertiary/aromatic N) is 4. The minimum Gasteiger partial charge on any atom is -0.351 e. The van der Waals surface area contributed by atoms with Gasteiger partial charge in [-0.25, -0.2) is 4.98 Å². The van der Waals surface area contributed by atoms with Crippen LogP contribution in [0.4, 0.5) is 0 Å². The lowest BCUT2D eigenvalue weighted by atomic mass is 10.2. The van der Waals surface area contributed by atoms with E-state index in [-0.39, 0.29) is 5.91 Å². The van der Waals surface area contributed by atoms with E-state index in [1.807, 2.05) is 46.5 Å². The quantitative estimate of drug-likeness (QED) is 0.642. The summed E-state index contributed by atoms with van der Waals surface area (Å²) in [5.74, 6) is 0.848. The number of hydrogen-bond donors (Lipinski definition) is 1. The van der Waals surface area contributed by atoms with Gasteiger partial charge in [-0.15, -0.1) is 11.3 Å². The van der Waals surface area contributed by atoms with Gasteiger partial charge < -0.3 is 15.1 Å². The molecule has 6 nitrogen and oxygen atoms in total. The molecule has 1 aliphatic rings. The lowest BCUT2D eigenvalue weighted by Crippen LogP contribution is -2.54. The second kappa shape index (κ2) is 8.51. The Morgan fingerprint density at radius 3 is 2.73 bits per heavy atom. The lowest BCUT2D eigenvalue weighted by molar-refractivity contribution is -0.135. The van der Waals surface area contributed by atoms with Gasteiger partial charge in [0.25, 0.3) is 0 Å². The molecule has 1 aliphatic heterocycles. The number of piperazine rings is 1. The minimum absolute atomic E-state index is 0.100. The Balaban J connectivity index is 1.55. The molecule has 8 heteroatoms. The Morgan fingerprint density at radius 1 is 1.35 bits per heavy atom. The molecule has 0 unspecified atom stereocenters. The molecule has 1 fully saturated rings. The summed E-state index contributed by atoms with van der Waals surface area (Å²) in [6.45, 7) is 5.02. The van der Waals surface area contributed by atoms with Gasteiger partial charge in [0.2, 0.25) is 5.91 Å². The highest BCUT2D eigenvalue weighted by Gasteiger charge is 2.26. The van der Waals surface area contributed by atoms with Gasteiger partial charge in [-0.3, -0.25) is 9.79 Å². The van der Waals surface area contributed by atoms with Gasteiger partial charge in [0, 0.05) is 36.6 Å². The Labute approximate surface area is 162 Å². The summed E-state index contributed by atoms with van der Waals surface area (Å²) in [6.07, 6.45) is 0. The van der Waals surface area contributed by atoms with Crippen molar-refractivity contribution in [3.05, 3.63) is 50.9 Å². The first kappa shape index (κ1) is 18.7. The molecule has 1 N–H and O–H groups in total. The molecule has 0 saturated carbocycles. The predicted molar refractivity (Wildman–Crippen MR) is 105 cm³/mol. The zero-order valence-electron chi connectivity index (χ0n) is 14.9. The molecule has 138 valence electrons. The third-order valence-corrected chi connectivity index (χ3v) is 5.56. The summed E-state index contributed by atoms with van der Waals surface area (Å²) >= 11 is 7.54. The molecular weight excluding hydrogens is 370 g/mol. The number of carbonyl (C=O) groups excluding carboxylic acids is 1. The number of thiazole rings is 1. The molecule has 2 heterocycles. The average Bonchev–Trinajstić information content (AvgIpc) is 3.04. The Morgan fingerprint density at radius 2 is 2.12 bits per heavy atom. The Kier molecular flexibility index (Phi) is 6.11. The van der Waals surface area contributed by atoms with Crippen LogP contribution in [-0.4, -0.2) is 53.3 Å². The topological polar surface area (TPSA) is 60.8 Å². The molecule has 1 saturated heterocycles. The van der Waals surface area contributed by atoms with Gasteiger partial charge in [0.05, 0.1) is 24.3 Å². The first-order valence-electron chi connectivity index (χ1n) is 8.43. The molecule has 1 aromatic carbocycles. The molecule has 0 aliphatic carbocycles. The summed E-state index contributed by atoms with van der Waals surface area (Å²) in [5.41, 5.74) is 3.95. The van der Waals surface area contributed by atoms with Gasteiger partial charge in [-0.1, -0.05) is 23.7 Å². The second-order valence-electron chi connectivity index (χ2n) is 6.13. The summed E-state index contributed by atoms with van der Waals surface area (Å²) in [7, 11) is 1.74. The van der Waals surface area contributed by atoms with Gasteiger partial charge >= 0.3 is 0 Å². The first-order chi connectivity index (χ1) is 12.6. The van der Waals surface area contributed by atoms with E-state index in [0.717, 1.165) is 23.8 Å². The fourth-order valence-corrected chi connectivity index (χ4v) is 3.70. The van der Waals surface area contributed by atoms with Gasteiger partial charge in [-0.2, -0.15) is 0 Å². The Bertz CT molecular complexity index is 789. The number of nitrogens with one attached hydrogen (secondary N) is 1. The van der Waals surface area contributed by atoms with Crippen molar-refractivity contribution in [2.24, 2.45) is 4.99 Å². The molecule has 0 atom stereocenters. The van der Waals surface area contributed by atoms with E-state index in [2.05, 4.69) is 15.3 Å². The van der Waals surface area contributed by atoms with Crippen molar-refractivity contribution >= 4 is 34.8 Å². The van der Waals surface area contributed by atoms with E-state index in [9.17, 15) is 4.79 Å². The highest BCUT2D eigenvalue weighted by molar-refractivity contribution is 7.09. The minimum atomic E-state index is 0.100. The third-order valence-electron chi connectivity index (χ3n) is 4.37. The molecular formula is C18H22ClN5OS. The number of aromatic nitrogens is 1. The van der Waals surface area contributed by atoms with E-state index >= 15 is 0 Å². The Hall–Kier alpha value is -2.12. The van der Waals surface area contributed by atoms with Gasteiger partial charge in [0.15, 0.2) is 5.96 Å². The number of rotatable bonds is 4. The van der Waals surface area contributed by atoms with Crippen LogP contribution in [-0.2, 0) is 17.9 Å². The van der Waals surface area contributed by atoms with Crippen LogP contribution in [0.15, 0.2) is 34.8 Å². The average molecular weight is 392 g/mol.